The van der Waals surface area contributed by atoms with Gasteiger partial charge in [-0.2, -0.15) is 0 Å². The van der Waals surface area contributed by atoms with E-state index in [2.05, 4.69) is 196 Å². The maximum absolute atomic E-state index is 6.48. The third kappa shape index (κ3) is 6.35. The molecule has 0 atom stereocenters. The van der Waals surface area contributed by atoms with Crippen molar-refractivity contribution in [3.8, 4) is 33.4 Å². The van der Waals surface area contributed by atoms with E-state index in [1.807, 2.05) is 6.08 Å². The van der Waals surface area contributed by atoms with Crippen LogP contribution in [-0.2, 0) is 18.3 Å². The predicted octanol–water partition coefficient (Wildman–Crippen LogP) is 14.5. The Morgan fingerprint density at radius 2 is 1.55 bits per heavy atom. The lowest BCUT2D eigenvalue weighted by atomic mass is 9.82. The summed E-state index contributed by atoms with van der Waals surface area (Å²) in [5.74, 6) is 1.10. The second-order valence-electron chi connectivity index (χ2n) is 15.5. The van der Waals surface area contributed by atoms with E-state index in [-0.39, 0.29) is 5.41 Å². The monoisotopic (exact) mass is 725 g/mol. The van der Waals surface area contributed by atoms with Crippen LogP contribution in [0.1, 0.15) is 61.6 Å². The highest BCUT2D eigenvalue weighted by Crippen LogP contribution is 2.50. The first kappa shape index (κ1) is 35.3. The molecule has 0 amide bonds. The Kier molecular flexibility index (Phi) is 9.27. The van der Waals surface area contributed by atoms with E-state index in [1.54, 1.807) is 0 Å². The first-order valence-corrected chi connectivity index (χ1v) is 19.9. The molecule has 5 aromatic carbocycles. The summed E-state index contributed by atoms with van der Waals surface area (Å²) in [5.41, 5.74) is 18.3. The number of furan rings is 1. The van der Waals surface area contributed by atoms with Gasteiger partial charge in [0.15, 0.2) is 0 Å². The minimum atomic E-state index is -0.0448. The number of hydrogen-bond acceptors (Lipinski definition) is 2. The van der Waals surface area contributed by atoms with Gasteiger partial charge in [0.2, 0.25) is 0 Å². The Bertz CT molecular complexity index is 2680. The zero-order valence-electron chi connectivity index (χ0n) is 32.6. The minimum absolute atomic E-state index is 0.0448. The van der Waals surface area contributed by atoms with Crippen LogP contribution in [0.5, 0.6) is 0 Å². The average Bonchev–Trinajstić information content (AvgIpc) is 3.73. The second-order valence-corrected chi connectivity index (χ2v) is 15.5. The maximum atomic E-state index is 6.48. The molecule has 0 aliphatic heterocycles. The molecule has 2 nitrogen and oxygen atoms in total. The van der Waals surface area contributed by atoms with Crippen molar-refractivity contribution < 1.29 is 4.42 Å². The summed E-state index contributed by atoms with van der Waals surface area (Å²) >= 11 is 0. The van der Waals surface area contributed by atoms with Gasteiger partial charge in [-0.3, -0.25) is 0 Å². The molecule has 0 saturated heterocycles. The highest BCUT2D eigenvalue weighted by Gasteiger charge is 2.35. The lowest BCUT2D eigenvalue weighted by Gasteiger charge is -2.25. The Hall–Kier alpha value is -6.38. The Labute approximate surface area is 331 Å². The maximum Gasteiger partial charge on any atom is 0.135 e. The number of nitrogens with zero attached hydrogens (tertiary/aromatic N) is 1. The van der Waals surface area contributed by atoms with Crippen molar-refractivity contribution in [2.75, 3.05) is 4.90 Å². The number of benzene rings is 5. The van der Waals surface area contributed by atoms with Crippen LogP contribution in [0, 0.1) is 0 Å². The lowest BCUT2D eigenvalue weighted by Crippen LogP contribution is -2.16. The highest BCUT2D eigenvalue weighted by molar-refractivity contribution is 5.99. The summed E-state index contributed by atoms with van der Waals surface area (Å²) in [5, 5.41) is 1.19. The first-order chi connectivity index (χ1) is 27.4. The van der Waals surface area contributed by atoms with Crippen molar-refractivity contribution in [1.82, 2.24) is 0 Å². The van der Waals surface area contributed by atoms with Crippen LogP contribution in [0.25, 0.3) is 49.9 Å². The van der Waals surface area contributed by atoms with Crippen LogP contribution in [0.3, 0.4) is 0 Å². The normalized spacial score (nSPS) is 15.8. The molecular weight excluding hydrogens is 679 g/mol. The Morgan fingerprint density at radius 1 is 0.768 bits per heavy atom. The van der Waals surface area contributed by atoms with Gasteiger partial charge in [0.25, 0.3) is 0 Å². The highest BCUT2D eigenvalue weighted by atomic mass is 16.3. The fraction of sp³-hybridized carbons (Fsp3) is 0.148. The molecular formula is C54H47NO. The van der Waals surface area contributed by atoms with Crippen LogP contribution in [-0.4, -0.2) is 0 Å². The predicted molar refractivity (Wildman–Crippen MR) is 238 cm³/mol. The van der Waals surface area contributed by atoms with Gasteiger partial charge in [0.05, 0.1) is 0 Å². The van der Waals surface area contributed by atoms with E-state index < -0.39 is 0 Å². The summed E-state index contributed by atoms with van der Waals surface area (Å²) < 4.78 is 6.48. The number of anilines is 1. The quantitative estimate of drug-likeness (QED) is 0.138. The third-order valence-electron chi connectivity index (χ3n) is 11.9. The number of rotatable bonds is 9. The zero-order valence-corrected chi connectivity index (χ0v) is 32.6. The molecule has 0 fully saturated rings. The number of aryl methyl sites for hydroxylation is 2. The first-order valence-electron chi connectivity index (χ1n) is 19.9. The van der Waals surface area contributed by atoms with Crippen LogP contribution < -0.4 is 4.90 Å². The molecule has 1 heterocycles. The summed E-state index contributed by atoms with van der Waals surface area (Å²) in [6.45, 7) is 10.9. The number of hydrogen-bond donors (Lipinski definition) is 0. The van der Waals surface area contributed by atoms with Gasteiger partial charge in [-0.05, 0) is 124 Å². The molecule has 0 radical (unpaired) electrons. The molecule has 2 heteroatoms. The third-order valence-corrected chi connectivity index (χ3v) is 11.9. The van der Waals surface area contributed by atoms with Gasteiger partial charge < -0.3 is 9.32 Å². The number of fused-ring (bicyclic) bond motifs is 8. The van der Waals surface area contributed by atoms with Gasteiger partial charge in [0.1, 0.15) is 11.3 Å². The molecule has 1 aromatic heterocycles. The largest absolute Gasteiger partial charge is 0.460 e. The number of allylic oxidation sites excluding steroid dienone is 11. The van der Waals surface area contributed by atoms with Crippen molar-refractivity contribution in [2.45, 2.75) is 51.9 Å². The summed E-state index contributed by atoms with van der Waals surface area (Å²) in [6.07, 6.45) is 25.8. The van der Waals surface area contributed by atoms with E-state index in [0.717, 1.165) is 70.7 Å². The van der Waals surface area contributed by atoms with Gasteiger partial charge in [-0.15, -0.1) is 0 Å². The van der Waals surface area contributed by atoms with Crippen molar-refractivity contribution in [2.24, 2.45) is 0 Å². The summed E-state index contributed by atoms with van der Waals surface area (Å²) in [7, 11) is 0. The van der Waals surface area contributed by atoms with Gasteiger partial charge >= 0.3 is 0 Å². The van der Waals surface area contributed by atoms with E-state index >= 15 is 0 Å². The molecule has 3 aliphatic rings. The fourth-order valence-electron chi connectivity index (χ4n) is 8.86. The van der Waals surface area contributed by atoms with Crippen molar-refractivity contribution >= 4 is 22.2 Å². The Balaban J connectivity index is 1.04. The standard InChI is InChI=1S/C54H47NO/c1-5-14-38(39-22-24-40(25-23-39)42-26-30-47-52(35-42)56-51-32-27-41-17-10-11-18-45(41)53(47)51)33-34-55(43(6-2)28-21-37-15-8-7-9-16-37)44-29-31-50-48(36-44)46-19-12-13-20-49(46)54(50,3)4/h5-8,10-15,17-26,28-31,33-36H,1,9,16,27,32H2,2-4H3/b28-21-,34-33-,38-14+,43-6+. The molecule has 0 N–H and O–H groups in total. The average molecular weight is 726 g/mol. The molecule has 6 aromatic rings. The van der Waals surface area contributed by atoms with E-state index in [0.29, 0.717) is 0 Å². The summed E-state index contributed by atoms with van der Waals surface area (Å²) in [4.78, 5) is 2.31. The lowest BCUT2D eigenvalue weighted by molar-refractivity contribution is 0.546. The SMILES string of the molecule is C=C/C=C(\C=C/N(C(/C=C\C1=CC=CCC1)=C/C)c1ccc2c(c1)-c1ccccc1C2(C)C)c1ccc(-c2ccc3c4c(oc3c2)CCc2ccccc2-4)cc1. The van der Waals surface area contributed by atoms with Crippen molar-refractivity contribution in [1.29, 1.82) is 0 Å². The van der Waals surface area contributed by atoms with E-state index in [4.69, 9.17) is 4.42 Å². The molecule has 0 saturated carbocycles. The van der Waals surface area contributed by atoms with Gasteiger partial charge in [0, 0.05) is 40.4 Å². The molecule has 0 bridgehead atoms. The molecule has 56 heavy (non-hydrogen) atoms. The van der Waals surface area contributed by atoms with Crippen molar-refractivity contribution in [3.63, 3.8) is 0 Å². The Morgan fingerprint density at radius 3 is 2.36 bits per heavy atom. The summed E-state index contributed by atoms with van der Waals surface area (Å²) in [6, 6.07) is 40.0. The molecule has 274 valence electrons. The van der Waals surface area contributed by atoms with E-state index in [1.165, 1.54) is 49.9 Å². The van der Waals surface area contributed by atoms with Gasteiger partial charge in [-0.1, -0.05) is 148 Å². The smallest absolute Gasteiger partial charge is 0.135 e. The molecule has 3 aliphatic carbocycles. The van der Waals surface area contributed by atoms with Gasteiger partial charge in [-0.25, -0.2) is 0 Å². The zero-order chi connectivity index (χ0) is 38.2. The molecule has 9 rings (SSSR count). The minimum Gasteiger partial charge on any atom is -0.460 e. The van der Waals surface area contributed by atoms with Crippen LogP contribution >= 0.6 is 0 Å². The van der Waals surface area contributed by atoms with Crippen LogP contribution in [0.2, 0.25) is 0 Å². The van der Waals surface area contributed by atoms with E-state index in [9.17, 15) is 0 Å². The molecule has 0 unspecified atom stereocenters. The molecule has 0 spiro atoms. The second kappa shape index (κ2) is 14.7. The van der Waals surface area contributed by atoms with Crippen molar-refractivity contribution in [3.05, 3.63) is 216 Å². The van der Waals surface area contributed by atoms with Crippen LogP contribution in [0.4, 0.5) is 5.69 Å². The topological polar surface area (TPSA) is 16.4 Å². The fourth-order valence-corrected chi connectivity index (χ4v) is 8.86. The van der Waals surface area contributed by atoms with Crippen LogP contribution in [0.15, 0.2) is 192 Å².